The summed E-state index contributed by atoms with van der Waals surface area (Å²) < 4.78 is 0. The van der Waals surface area contributed by atoms with Gasteiger partial charge in [-0.25, -0.2) is 20.3 Å². The van der Waals surface area contributed by atoms with Crippen LogP contribution in [-0.2, 0) is 9.78 Å². The van der Waals surface area contributed by atoms with Gasteiger partial charge in [0.25, 0.3) is 0 Å². The fourth-order valence-corrected chi connectivity index (χ4v) is 0.525. The van der Waals surface area contributed by atoms with Crippen molar-refractivity contribution in [1.82, 2.24) is 0 Å². The highest BCUT2D eigenvalue weighted by molar-refractivity contribution is 4.59. The van der Waals surface area contributed by atoms with Crippen LogP contribution >= 0.6 is 0 Å². The van der Waals surface area contributed by atoms with Crippen molar-refractivity contribution in [2.75, 3.05) is 0 Å². The van der Waals surface area contributed by atoms with E-state index in [4.69, 9.17) is 10.5 Å². The summed E-state index contributed by atoms with van der Waals surface area (Å²) in [5.74, 6) is -1.22. The number of hydrogen-bond donors (Lipinski definition) is 2. The molecule has 4 nitrogen and oxygen atoms in total. The van der Waals surface area contributed by atoms with Crippen LogP contribution in [-0.4, -0.2) is 16.3 Å². The summed E-state index contributed by atoms with van der Waals surface area (Å²) in [5, 5.41) is 16.4. The lowest BCUT2D eigenvalue weighted by Crippen LogP contribution is -2.32. The molecule has 0 aromatic rings. The fraction of sp³-hybridized carbons (Fsp3) is 1.00. The molecule has 0 amide bonds. The second-order valence-corrected chi connectivity index (χ2v) is 1.80. The van der Waals surface area contributed by atoms with Crippen molar-refractivity contribution >= 4 is 0 Å². The molecule has 0 saturated heterocycles. The standard InChI is InChI=1S/C5H12O4/c1-3-5(4-2,8-6)9-7/h6-7H,3-4H2,1-2H3. The van der Waals surface area contributed by atoms with E-state index in [-0.39, 0.29) is 0 Å². The molecule has 4 heteroatoms. The van der Waals surface area contributed by atoms with Crippen LogP contribution < -0.4 is 0 Å². The lowest BCUT2D eigenvalue weighted by atomic mass is 10.2. The van der Waals surface area contributed by atoms with Gasteiger partial charge in [0.1, 0.15) is 0 Å². The summed E-state index contributed by atoms with van der Waals surface area (Å²) in [6.07, 6.45) is 0.799. The van der Waals surface area contributed by atoms with Crippen LogP contribution in [0.2, 0.25) is 0 Å². The van der Waals surface area contributed by atoms with Gasteiger partial charge in [0, 0.05) is 12.8 Å². The van der Waals surface area contributed by atoms with Crippen molar-refractivity contribution in [3.63, 3.8) is 0 Å². The lowest BCUT2D eigenvalue weighted by Gasteiger charge is -2.22. The Balaban J connectivity index is 3.82. The third-order valence-corrected chi connectivity index (χ3v) is 1.41. The predicted octanol–water partition coefficient (Wildman–Crippen LogP) is 1.48. The highest BCUT2D eigenvalue weighted by Crippen LogP contribution is 2.18. The molecule has 2 N–H and O–H groups in total. The molecule has 0 aromatic carbocycles. The van der Waals surface area contributed by atoms with E-state index in [0.717, 1.165) is 0 Å². The zero-order valence-corrected chi connectivity index (χ0v) is 5.63. The molecule has 0 fully saturated rings. The van der Waals surface area contributed by atoms with Gasteiger partial charge in [0.05, 0.1) is 0 Å². The average Bonchev–Trinajstić information content (AvgIpc) is 1.95. The Morgan fingerprint density at radius 1 is 1.11 bits per heavy atom. The first-order valence-corrected chi connectivity index (χ1v) is 2.89. The van der Waals surface area contributed by atoms with E-state index in [0.29, 0.717) is 12.8 Å². The number of rotatable bonds is 4. The van der Waals surface area contributed by atoms with Crippen molar-refractivity contribution in [2.24, 2.45) is 0 Å². The molecule has 56 valence electrons. The van der Waals surface area contributed by atoms with Crippen LogP contribution in [0.5, 0.6) is 0 Å². The third-order valence-electron chi connectivity index (χ3n) is 1.41. The van der Waals surface area contributed by atoms with Gasteiger partial charge < -0.3 is 0 Å². The first-order chi connectivity index (χ1) is 4.24. The second-order valence-electron chi connectivity index (χ2n) is 1.80. The van der Waals surface area contributed by atoms with Crippen molar-refractivity contribution in [2.45, 2.75) is 32.5 Å². The third kappa shape index (κ3) is 1.91. The molecule has 0 bridgehead atoms. The summed E-state index contributed by atoms with van der Waals surface area (Å²) in [7, 11) is 0. The number of hydrogen-bond acceptors (Lipinski definition) is 4. The summed E-state index contributed by atoms with van der Waals surface area (Å²) in [6, 6.07) is 0. The molecule has 0 rings (SSSR count). The van der Waals surface area contributed by atoms with Crippen LogP contribution in [0, 0.1) is 0 Å². The zero-order chi connectivity index (χ0) is 7.33. The van der Waals surface area contributed by atoms with Gasteiger partial charge in [-0.3, -0.25) is 0 Å². The maximum Gasteiger partial charge on any atom is 0.232 e. The van der Waals surface area contributed by atoms with E-state index in [1.54, 1.807) is 13.8 Å². The van der Waals surface area contributed by atoms with Gasteiger partial charge in [0.15, 0.2) is 0 Å². The zero-order valence-electron chi connectivity index (χ0n) is 5.63. The van der Waals surface area contributed by atoms with E-state index in [9.17, 15) is 0 Å². The molecule has 0 unspecified atom stereocenters. The summed E-state index contributed by atoms with van der Waals surface area (Å²) >= 11 is 0. The Labute approximate surface area is 53.9 Å². The average molecular weight is 136 g/mol. The smallest absolute Gasteiger partial charge is 0.232 e. The first-order valence-electron chi connectivity index (χ1n) is 2.89. The molecular formula is C5H12O4. The lowest BCUT2D eigenvalue weighted by molar-refractivity contribution is -0.487. The fourth-order valence-electron chi connectivity index (χ4n) is 0.525. The van der Waals surface area contributed by atoms with E-state index in [1.807, 2.05) is 0 Å². The summed E-state index contributed by atoms with van der Waals surface area (Å²) in [5.41, 5.74) is 0. The second kappa shape index (κ2) is 3.79. The molecule has 0 radical (unpaired) electrons. The Kier molecular flexibility index (Phi) is 3.72. The molecule has 0 aromatic heterocycles. The maximum absolute atomic E-state index is 8.19. The van der Waals surface area contributed by atoms with Crippen LogP contribution in [0.15, 0.2) is 0 Å². The van der Waals surface area contributed by atoms with E-state index in [1.165, 1.54) is 0 Å². The molecule has 0 aliphatic rings. The minimum absolute atomic E-state index is 0.399. The summed E-state index contributed by atoms with van der Waals surface area (Å²) in [6.45, 7) is 3.46. The van der Waals surface area contributed by atoms with Crippen LogP contribution in [0.3, 0.4) is 0 Å². The van der Waals surface area contributed by atoms with Crippen molar-refractivity contribution in [3.8, 4) is 0 Å². The van der Waals surface area contributed by atoms with E-state index < -0.39 is 5.79 Å². The summed E-state index contributed by atoms with van der Waals surface area (Å²) in [4.78, 5) is 7.83. The van der Waals surface area contributed by atoms with Crippen LogP contribution in [0.1, 0.15) is 26.7 Å². The van der Waals surface area contributed by atoms with Crippen LogP contribution in [0.25, 0.3) is 0 Å². The maximum atomic E-state index is 8.19. The highest BCUT2D eigenvalue weighted by atomic mass is 17.2. The first kappa shape index (κ1) is 8.84. The van der Waals surface area contributed by atoms with Gasteiger partial charge in [-0.2, -0.15) is 0 Å². The highest BCUT2D eigenvalue weighted by Gasteiger charge is 2.28. The molecule has 0 saturated carbocycles. The molecule has 0 aliphatic heterocycles. The Bertz CT molecular complexity index is 51.8. The van der Waals surface area contributed by atoms with Gasteiger partial charge >= 0.3 is 0 Å². The van der Waals surface area contributed by atoms with Crippen molar-refractivity contribution < 1.29 is 20.3 Å². The Morgan fingerprint density at radius 2 is 1.44 bits per heavy atom. The van der Waals surface area contributed by atoms with E-state index >= 15 is 0 Å². The predicted molar refractivity (Wildman–Crippen MR) is 30.7 cm³/mol. The Morgan fingerprint density at radius 3 is 1.44 bits per heavy atom. The SMILES string of the molecule is CCC(CC)(OO)OO. The molecule has 0 spiro atoms. The molecule has 9 heavy (non-hydrogen) atoms. The normalized spacial score (nSPS) is 12.0. The molecular weight excluding hydrogens is 124 g/mol. The monoisotopic (exact) mass is 136 g/mol. The molecule has 0 aliphatic carbocycles. The minimum Gasteiger partial charge on any atom is -0.249 e. The van der Waals surface area contributed by atoms with Crippen molar-refractivity contribution in [1.29, 1.82) is 0 Å². The van der Waals surface area contributed by atoms with E-state index in [2.05, 4.69) is 9.78 Å². The van der Waals surface area contributed by atoms with Gasteiger partial charge in [0.2, 0.25) is 5.79 Å². The van der Waals surface area contributed by atoms with Crippen molar-refractivity contribution in [3.05, 3.63) is 0 Å². The minimum atomic E-state index is -1.22. The molecule has 0 heterocycles. The topological polar surface area (TPSA) is 58.9 Å². The van der Waals surface area contributed by atoms with Gasteiger partial charge in [-0.1, -0.05) is 13.8 Å². The van der Waals surface area contributed by atoms with Gasteiger partial charge in [-0.05, 0) is 0 Å². The quantitative estimate of drug-likeness (QED) is 0.349. The Hall–Kier alpha value is -0.160. The van der Waals surface area contributed by atoms with Crippen LogP contribution in [0.4, 0.5) is 0 Å². The largest absolute Gasteiger partial charge is 0.249 e. The van der Waals surface area contributed by atoms with Gasteiger partial charge in [-0.15, -0.1) is 0 Å². The molecule has 0 atom stereocenters.